The van der Waals surface area contributed by atoms with Gasteiger partial charge in [-0.1, -0.05) is 26.7 Å². The summed E-state index contributed by atoms with van der Waals surface area (Å²) in [5.74, 6) is -3.80. The van der Waals surface area contributed by atoms with Gasteiger partial charge in [-0.25, -0.2) is 4.99 Å². The Morgan fingerprint density at radius 2 is 1.68 bits per heavy atom. The standard InChI is InChI=1S/C15H28N4O4.C2H5NO2/c1-4-8(5-2)12(18-7(3)20)11-10(19-15(16)17)6-9(13(11)21)14(22)23;3-1-2(4)5/h8-13,21H,4-6H2,1-3H3,(H,18,20)(H,22,23)(H4,16,17,19);1,3H2,(H,4,5)/t9-,10+,11+,12-,13+;/m0./s1. The monoisotopic (exact) mass is 403 g/mol. The summed E-state index contributed by atoms with van der Waals surface area (Å²) in [7, 11) is 0. The van der Waals surface area contributed by atoms with E-state index in [4.69, 9.17) is 16.6 Å². The number of aliphatic imine (C=N–C) groups is 1. The number of guanidine groups is 1. The number of aliphatic hydroxyl groups excluding tert-OH is 1. The zero-order valence-electron chi connectivity index (χ0n) is 16.5. The summed E-state index contributed by atoms with van der Waals surface area (Å²) in [6, 6.07) is -0.913. The molecule has 0 radical (unpaired) electrons. The van der Waals surface area contributed by atoms with Crippen molar-refractivity contribution in [1.29, 1.82) is 0 Å². The van der Waals surface area contributed by atoms with Crippen LogP contribution in [0, 0.1) is 17.8 Å². The molecule has 1 aliphatic rings. The minimum absolute atomic E-state index is 0.0998. The summed E-state index contributed by atoms with van der Waals surface area (Å²) in [4.78, 5) is 36.3. The zero-order valence-corrected chi connectivity index (χ0v) is 16.5. The van der Waals surface area contributed by atoms with Crippen LogP contribution in [0.4, 0.5) is 0 Å². The quantitative estimate of drug-likeness (QED) is 0.189. The molecule has 1 rings (SSSR count). The fraction of sp³-hybridized carbons (Fsp3) is 0.765. The third kappa shape index (κ3) is 7.69. The fourth-order valence-electron chi connectivity index (χ4n) is 3.64. The van der Waals surface area contributed by atoms with Crippen molar-refractivity contribution >= 4 is 23.8 Å². The van der Waals surface area contributed by atoms with E-state index >= 15 is 0 Å². The van der Waals surface area contributed by atoms with Gasteiger partial charge in [0, 0.05) is 18.9 Å². The van der Waals surface area contributed by atoms with Crippen molar-refractivity contribution < 1.29 is 29.7 Å². The minimum atomic E-state index is -1.11. The predicted molar refractivity (Wildman–Crippen MR) is 103 cm³/mol. The maximum absolute atomic E-state index is 11.6. The number of nitrogens with one attached hydrogen (secondary N) is 1. The first-order valence-corrected chi connectivity index (χ1v) is 9.18. The Morgan fingerprint density at radius 3 is 2.00 bits per heavy atom. The molecule has 0 spiro atoms. The first-order valence-electron chi connectivity index (χ1n) is 9.18. The highest BCUT2D eigenvalue weighted by Crippen LogP contribution is 2.39. The number of amides is 1. The lowest BCUT2D eigenvalue weighted by molar-refractivity contribution is -0.145. The number of carbonyl (C=O) groups is 3. The predicted octanol–water partition coefficient (Wildman–Crippen LogP) is -1.32. The highest BCUT2D eigenvalue weighted by atomic mass is 16.4. The van der Waals surface area contributed by atoms with Gasteiger partial charge in [0.2, 0.25) is 5.91 Å². The van der Waals surface area contributed by atoms with E-state index in [1.807, 2.05) is 13.8 Å². The Labute approximate surface area is 164 Å². The SMILES string of the molecule is CCC(CC)[C@H](NC(C)=O)[C@@H]1[C@H](O)[C@@H](C(=O)O)C[C@H]1N=C(N)N.NCC(=O)O. The van der Waals surface area contributed by atoms with Crippen LogP contribution in [0.5, 0.6) is 0 Å². The Hall–Kier alpha value is -2.40. The van der Waals surface area contributed by atoms with Gasteiger partial charge < -0.3 is 37.8 Å². The van der Waals surface area contributed by atoms with E-state index in [9.17, 15) is 24.6 Å². The van der Waals surface area contributed by atoms with E-state index in [0.29, 0.717) is 0 Å². The van der Waals surface area contributed by atoms with Crippen molar-refractivity contribution in [2.24, 2.45) is 39.9 Å². The van der Waals surface area contributed by atoms with Gasteiger partial charge in [-0.15, -0.1) is 0 Å². The highest BCUT2D eigenvalue weighted by molar-refractivity contribution is 5.77. The molecule has 1 fully saturated rings. The molecule has 1 amide bonds. The lowest BCUT2D eigenvalue weighted by atomic mass is 9.80. The molecular formula is C17H33N5O6. The molecule has 162 valence electrons. The highest BCUT2D eigenvalue weighted by Gasteiger charge is 2.50. The zero-order chi connectivity index (χ0) is 22.0. The summed E-state index contributed by atoms with van der Waals surface area (Å²) in [5, 5.41) is 30.3. The van der Waals surface area contributed by atoms with E-state index in [0.717, 1.165) is 12.8 Å². The molecule has 11 nitrogen and oxygen atoms in total. The van der Waals surface area contributed by atoms with E-state index < -0.39 is 35.9 Å². The van der Waals surface area contributed by atoms with Gasteiger partial charge >= 0.3 is 11.9 Å². The van der Waals surface area contributed by atoms with Crippen molar-refractivity contribution in [2.45, 2.75) is 58.2 Å². The molecular weight excluding hydrogens is 370 g/mol. The molecule has 28 heavy (non-hydrogen) atoms. The Morgan fingerprint density at radius 1 is 1.18 bits per heavy atom. The Balaban J connectivity index is 0.00000129. The number of hydrogen-bond donors (Lipinski definition) is 7. The van der Waals surface area contributed by atoms with E-state index in [-0.39, 0.29) is 36.8 Å². The van der Waals surface area contributed by atoms with Crippen LogP contribution in [0.1, 0.15) is 40.0 Å². The normalized spacial score (nSPS) is 24.6. The summed E-state index contributed by atoms with van der Waals surface area (Å²) < 4.78 is 0. The van der Waals surface area contributed by atoms with Crippen LogP contribution < -0.4 is 22.5 Å². The molecule has 1 aliphatic carbocycles. The maximum atomic E-state index is 11.6. The van der Waals surface area contributed by atoms with Crippen LogP contribution in [0.3, 0.4) is 0 Å². The molecule has 0 unspecified atom stereocenters. The van der Waals surface area contributed by atoms with Gasteiger partial charge in [0.1, 0.15) is 0 Å². The molecule has 10 N–H and O–H groups in total. The number of carbonyl (C=O) groups excluding carboxylic acids is 1. The first-order chi connectivity index (χ1) is 13.0. The topological polar surface area (TPSA) is 214 Å². The van der Waals surface area contributed by atoms with Gasteiger partial charge in [0.15, 0.2) is 5.96 Å². The second-order valence-corrected chi connectivity index (χ2v) is 6.77. The molecule has 5 atom stereocenters. The number of nitrogens with two attached hydrogens (primary N) is 3. The van der Waals surface area contributed by atoms with Crippen LogP contribution in [0.15, 0.2) is 4.99 Å². The van der Waals surface area contributed by atoms with E-state index in [2.05, 4.69) is 16.0 Å². The van der Waals surface area contributed by atoms with Gasteiger partial charge in [0.05, 0.1) is 24.6 Å². The van der Waals surface area contributed by atoms with Crippen LogP contribution in [-0.4, -0.2) is 63.9 Å². The second kappa shape index (κ2) is 12.1. The number of aliphatic hydroxyl groups is 1. The molecule has 0 aromatic carbocycles. The average molecular weight is 403 g/mol. The van der Waals surface area contributed by atoms with Crippen LogP contribution >= 0.6 is 0 Å². The van der Waals surface area contributed by atoms with Crippen LogP contribution in [0.25, 0.3) is 0 Å². The molecule has 0 aromatic rings. The van der Waals surface area contributed by atoms with Gasteiger partial charge in [0.25, 0.3) is 0 Å². The van der Waals surface area contributed by atoms with Crippen molar-refractivity contribution in [3.63, 3.8) is 0 Å². The van der Waals surface area contributed by atoms with E-state index in [1.54, 1.807) is 0 Å². The van der Waals surface area contributed by atoms with Gasteiger partial charge in [-0.2, -0.15) is 0 Å². The lowest BCUT2D eigenvalue weighted by Crippen LogP contribution is -2.51. The Bertz CT molecular complexity index is 562. The molecule has 1 saturated carbocycles. The molecule has 0 saturated heterocycles. The van der Waals surface area contributed by atoms with E-state index in [1.165, 1.54) is 6.92 Å². The maximum Gasteiger partial charge on any atom is 0.317 e. The molecule has 11 heteroatoms. The summed E-state index contributed by atoms with van der Waals surface area (Å²) >= 11 is 0. The molecule has 0 bridgehead atoms. The van der Waals surface area contributed by atoms with Crippen molar-refractivity contribution in [2.75, 3.05) is 6.54 Å². The number of aliphatic carboxylic acids is 2. The van der Waals surface area contributed by atoms with Crippen molar-refractivity contribution in [1.82, 2.24) is 5.32 Å². The number of rotatable bonds is 8. The summed E-state index contributed by atoms with van der Waals surface area (Å²) in [6.07, 6.45) is 0.612. The van der Waals surface area contributed by atoms with Crippen LogP contribution in [0.2, 0.25) is 0 Å². The van der Waals surface area contributed by atoms with Gasteiger partial charge in [-0.05, 0) is 12.3 Å². The van der Waals surface area contributed by atoms with Crippen molar-refractivity contribution in [3.05, 3.63) is 0 Å². The number of carboxylic acids is 2. The Kier molecular flexibility index (Phi) is 11.1. The lowest BCUT2D eigenvalue weighted by Gasteiger charge is -2.35. The average Bonchev–Trinajstić information content (AvgIpc) is 2.90. The summed E-state index contributed by atoms with van der Waals surface area (Å²) in [5.41, 5.74) is 15.5. The third-order valence-corrected chi connectivity index (χ3v) is 4.89. The third-order valence-electron chi connectivity index (χ3n) is 4.89. The molecule has 0 aliphatic heterocycles. The number of carboxylic acid groups (broad SMARTS) is 2. The second-order valence-electron chi connectivity index (χ2n) is 6.77. The number of hydrogen-bond acceptors (Lipinski definition) is 6. The minimum Gasteiger partial charge on any atom is -0.481 e. The largest absolute Gasteiger partial charge is 0.481 e. The fourth-order valence-corrected chi connectivity index (χ4v) is 3.64. The summed E-state index contributed by atoms with van der Waals surface area (Å²) in [6.45, 7) is 5.12. The van der Waals surface area contributed by atoms with Crippen LogP contribution in [-0.2, 0) is 14.4 Å². The molecule has 0 heterocycles. The van der Waals surface area contributed by atoms with Crippen molar-refractivity contribution in [3.8, 4) is 0 Å². The smallest absolute Gasteiger partial charge is 0.317 e. The number of nitrogens with zero attached hydrogens (tertiary/aromatic N) is 1. The molecule has 0 aromatic heterocycles. The van der Waals surface area contributed by atoms with Gasteiger partial charge in [-0.3, -0.25) is 14.4 Å². The first kappa shape index (κ1) is 25.6.